The van der Waals surface area contributed by atoms with Crippen molar-refractivity contribution in [2.45, 2.75) is 13.0 Å². The number of nitrogens with one attached hydrogen (secondary N) is 2. The summed E-state index contributed by atoms with van der Waals surface area (Å²) in [4.78, 5) is 30.8. The van der Waals surface area contributed by atoms with E-state index < -0.39 is 5.91 Å². The summed E-state index contributed by atoms with van der Waals surface area (Å²) in [6.07, 6.45) is 2.10. The van der Waals surface area contributed by atoms with E-state index in [-0.39, 0.29) is 5.56 Å². The van der Waals surface area contributed by atoms with Gasteiger partial charge < -0.3 is 10.1 Å². The molecule has 2 heterocycles. The van der Waals surface area contributed by atoms with Crippen LogP contribution in [0.2, 0.25) is 5.02 Å². The normalized spacial score (nSPS) is 10.9. The lowest BCUT2D eigenvalue weighted by Crippen LogP contribution is -2.23. The smallest absolute Gasteiger partial charge is 0.263 e. The fraction of sp³-hybridized carbons (Fsp3) is 0.120. The average molecular weight is 502 g/mol. The zero-order chi connectivity index (χ0) is 25.1. The standard InChI is InChI=1S/C25H20ClN7O3/c1-36-21-8-3-2-5-15(21)11-12-33-14-27-19-6-4-7-20(22(19)25(33)35)28-24(34)16-9-10-17(18(26)13-16)23-29-31-32-30-23/h2-10,13-14H,11-12H2,1H3,(H,28,34)(H,29,30,31,32). The highest BCUT2D eigenvalue weighted by Gasteiger charge is 2.15. The number of H-pyrrole nitrogens is 1. The lowest BCUT2D eigenvalue weighted by molar-refractivity contribution is 0.102. The Labute approximate surface area is 209 Å². The van der Waals surface area contributed by atoms with Gasteiger partial charge in [-0.3, -0.25) is 14.2 Å². The molecule has 10 nitrogen and oxygen atoms in total. The summed E-state index contributed by atoms with van der Waals surface area (Å²) >= 11 is 6.35. The molecule has 0 radical (unpaired) electrons. The second-order valence-electron chi connectivity index (χ2n) is 7.90. The van der Waals surface area contributed by atoms with Gasteiger partial charge >= 0.3 is 0 Å². The molecule has 3 aromatic carbocycles. The van der Waals surface area contributed by atoms with Gasteiger partial charge in [0, 0.05) is 17.7 Å². The van der Waals surface area contributed by atoms with Gasteiger partial charge in [0.25, 0.3) is 11.5 Å². The van der Waals surface area contributed by atoms with Crippen LogP contribution in [0.1, 0.15) is 15.9 Å². The van der Waals surface area contributed by atoms with E-state index in [4.69, 9.17) is 16.3 Å². The van der Waals surface area contributed by atoms with Crippen LogP contribution in [0.4, 0.5) is 5.69 Å². The number of halogens is 1. The van der Waals surface area contributed by atoms with Gasteiger partial charge in [0.1, 0.15) is 5.75 Å². The largest absolute Gasteiger partial charge is 0.496 e. The van der Waals surface area contributed by atoms with Gasteiger partial charge in [-0.15, -0.1) is 5.10 Å². The summed E-state index contributed by atoms with van der Waals surface area (Å²) in [5, 5.41) is 17.0. The van der Waals surface area contributed by atoms with Crippen LogP contribution in [0.3, 0.4) is 0 Å². The van der Waals surface area contributed by atoms with Crippen LogP contribution < -0.4 is 15.6 Å². The molecule has 11 heteroatoms. The Kier molecular flexibility index (Phi) is 6.42. The van der Waals surface area contributed by atoms with Crippen molar-refractivity contribution < 1.29 is 9.53 Å². The van der Waals surface area contributed by atoms with Crippen LogP contribution in [0.25, 0.3) is 22.3 Å². The zero-order valence-electron chi connectivity index (χ0n) is 19.1. The Hall–Kier alpha value is -4.57. The van der Waals surface area contributed by atoms with Crippen molar-refractivity contribution in [2.24, 2.45) is 0 Å². The highest BCUT2D eigenvalue weighted by Crippen LogP contribution is 2.26. The van der Waals surface area contributed by atoms with Gasteiger partial charge in [-0.05, 0) is 58.8 Å². The van der Waals surface area contributed by atoms with Crippen LogP contribution in [0.15, 0.2) is 71.8 Å². The number of benzene rings is 3. The van der Waals surface area contributed by atoms with E-state index in [1.54, 1.807) is 37.4 Å². The quantitative estimate of drug-likeness (QED) is 0.347. The number of aromatic nitrogens is 6. The highest BCUT2D eigenvalue weighted by molar-refractivity contribution is 6.33. The van der Waals surface area contributed by atoms with Crippen LogP contribution in [0, 0.1) is 0 Å². The van der Waals surface area contributed by atoms with Gasteiger partial charge in [0.05, 0.1) is 35.1 Å². The minimum Gasteiger partial charge on any atom is -0.496 e. The lowest BCUT2D eigenvalue weighted by atomic mass is 10.1. The Morgan fingerprint density at radius 1 is 1.14 bits per heavy atom. The van der Waals surface area contributed by atoms with Crippen molar-refractivity contribution in [3.05, 3.63) is 93.5 Å². The Morgan fingerprint density at radius 3 is 2.78 bits per heavy atom. The summed E-state index contributed by atoms with van der Waals surface area (Å²) < 4.78 is 6.93. The number of anilines is 1. The highest BCUT2D eigenvalue weighted by atomic mass is 35.5. The number of aryl methyl sites for hydroxylation is 2. The topological polar surface area (TPSA) is 128 Å². The average Bonchev–Trinajstić information content (AvgIpc) is 3.43. The molecule has 0 aliphatic rings. The van der Waals surface area contributed by atoms with Crippen LogP contribution in [-0.4, -0.2) is 43.2 Å². The first-order chi connectivity index (χ1) is 17.5. The summed E-state index contributed by atoms with van der Waals surface area (Å²) in [7, 11) is 1.61. The maximum Gasteiger partial charge on any atom is 0.263 e. The first kappa shape index (κ1) is 23.2. The molecule has 0 aliphatic carbocycles. The molecular weight excluding hydrogens is 482 g/mol. The maximum atomic E-state index is 13.4. The number of nitrogens with zero attached hydrogens (tertiary/aromatic N) is 5. The van der Waals surface area contributed by atoms with Crippen molar-refractivity contribution in [3.63, 3.8) is 0 Å². The minimum absolute atomic E-state index is 0.253. The molecule has 2 aromatic heterocycles. The van der Waals surface area contributed by atoms with Crippen molar-refractivity contribution in [1.29, 1.82) is 0 Å². The van der Waals surface area contributed by atoms with E-state index in [9.17, 15) is 9.59 Å². The van der Waals surface area contributed by atoms with Crippen molar-refractivity contribution in [2.75, 3.05) is 12.4 Å². The molecule has 0 saturated carbocycles. The fourth-order valence-electron chi connectivity index (χ4n) is 3.93. The molecule has 0 saturated heterocycles. The van der Waals surface area contributed by atoms with E-state index in [0.29, 0.717) is 51.5 Å². The summed E-state index contributed by atoms with van der Waals surface area (Å²) in [6.45, 7) is 0.401. The molecule has 2 N–H and O–H groups in total. The molecule has 0 fully saturated rings. The second-order valence-corrected chi connectivity index (χ2v) is 8.31. The monoisotopic (exact) mass is 501 g/mol. The molecule has 1 amide bonds. The Morgan fingerprint density at radius 2 is 2.00 bits per heavy atom. The first-order valence-corrected chi connectivity index (χ1v) is 11.4. The number of hydrogen-bond acceptors (Lipinski definition) is 7. The molecule has 36 heavy (non-hydrogen) atoms. The number of para-hydroxylation sites is 1. The van der Waals surface area contributed by atoms with Crippen LogP contribution >= 0.6 is 11.6 Å². The third-order valence-electron chi connectivity index (χ3n) is 5.75. The molecule has 5 aromatic rings. The molecule has 5 rings (SSSR count). The van der Waals surface area contributed by atoms with Gasteiger partial charge in [-0.1, -0.05) is 35.9 Å². The van der Waals surface area contributed by atoms with E-state index in [0.717, 1.165) is 11.3 Å². The Balaban J connectivity index is 1.42. The van der Waals surface area contributed by atoms with E-state index in [1.165, 1.54) is 17.0 Å². The van der Waals surface area contributed by atoms with Crippen molar-refractivity contribution >= 4 is 34.1 Å². The molecule has 0 atom stereocenters. The minimum atomic E-state index is -0.421. The number of rotatable bonds is 7. The number of tetrazole rings is 1. The number of hydrogen-bond donors (Lipinski definition) is 2. The molecule has 0 bridgehead atoms. The number of aromatic amines is 1. The van der Waals surface area contributed by atoms with E-state index in [1.807, 2.05) is 24.3 Å². The number of methoxy groups -OCH3 is 1. The third kappa shape index (κ3) is 4.53. The van der Waals surface area contributed by atoms with Gasteiger partial charge in [-0.25, -0.2) is 10.1 Å². The molecule has 0 spiro atoms. The zero-order valence-corrected chi connectivity index (χ0v) is 19.9. The maximum absolute atomic E-state index is 13.4. The second kappa shape index (κ2) is 9.96. The van der Waals surface area contributed by atoms with E-state index >= 15 is 0 Å². The van der Waals surface area contributed by atoms with Crippen LogP contribution in [0.5, 0.6) is 5.75 Å². The number of fused-ring (bicyclic) bond motifs is 1. The number of carbonyl (C=O) groups excluding carboxylic acids is 1. The molecular formula is C25H20ClN7O3. The van der Waals surface area contributed by atoms with E-state index in [2.05, 4.69) is 30.9 Å². The third-order valence-corrected chi connectivity index (χ3v) is 6.06. The van der Waals surface area contributed by atoms with Crippen molar-refractivity contribution in [1.82, 2.24) is 30.2 Å². The number of amides is 1. The predicted octanol–water partition coefficient (Wildman–Crippen LogP) is 3.73. The Bertz CT molecular complexity index is 1620. The number of ether oxygens (including phenoxy) is 1. The van der Waals surface area contributed by atoms with Crippen molar-refractivity contribution in [3.8, 4) is 17.1 Å². The van der Waals surface area contributed by atoms with Gasteiger partial charge in [0.2, 0.25) is 0 Å². The van der Waals surface area contributed by atoms with Gasteiger partial charge in [0.15, 0.2) is 5.82 Å². The molecule has 180 valence electrons. The predicted molar refractivity (Wildman–Crippen MR) is 135 cm³/mol. The fourth-order valence-corrected chi connectivity index (χ4v) is 4.20. The van der Waals surface area contributed by atoms with Crippen LogP contribution in [-0.2, 0) is 13.0 Å². The summed E-state index contributed by atoms with van der Waals surface area (Å²) in [6, 6.07) is 17.6. The summed E-state index contributed by atoms with van der Waals surface area (Å²) in [5.41, 5.74) is 2.45. The van der Waals surface area contributed by atoms with Gasteiger partial charge in [-0.2, -0.15) is 0 Å². The SMILES string of the molecule is COc1ccccc1CCn1cnc2cccc(NC(=O)c3ccc(-c4nnn[nH]4)c(Cl)c3)c2c1=O. The first-order valence-electron chi connectivity index (χ1n) is 11.0. The molecule has 0 unspecified atom stereocenters. The lowest BCUT2D eigenvalue weighted by Gasteiger charge is -2.12. The molecule has 0 aliphatic heterocycles. The number of carbonyl (C=O) groups is 1. The summed E-state index contributed by atoms with van der Waals surface area (Å²) in [5.74, 6) is 0.729.